The number of fused-ring (bicyclic) bond motifs is 1. The van der Waals surface area contributed by atoms with Gasteiger partial charge in [0.05, 0.1) is 11.1 Å². The number of amides is 3. The third kappa shape index (κ3) is 3.72. The summed E-state index contributed by atoms with van der Waals surface area (Å²) in [5.41, 5.74) is 0.798. The number of rotatable bonds is 7. The number of carbonyl (C=O) groups excluding carboxylic acids is 3. The molecule has 0 fully saturated rings. The van der Waals surface area contributed by atoms with E-state index in [4.69, 9.17) is 5.11 Å². The third-order valence-electron chi connectivity index (χ3n) is 3.38. The van der Waals surface area contributed by atoms with Crippen LogP contribution >= 0.6 is 15.9 Å². The first-order chi connectivity index (χ1) is 10.5. The molecular formula is C15H17BrN2O4. The molecule has 0 unspecified atom stereocenters. The summed E-state index contributed by atoms with van der Waals surface area (Å²) in [4.78, 5) is 37.1. The van der Waals surface area contributed by atoms with E-state index < -0.39 is 0 Å². The van der Waals surface area contributed by atoms with E-state index in [-0.39, 0.29) is 37.3 Å². The van der Waals surface area contributed by atoms with E-state index in [1.54, 1.807) is 18.2 Å². The molecular weight excluding hydrogens is 352 g/mol. The molecule has 3 amide bonds. The van der Waals surface area contributed by atoms with Crippen molar-refractivity contribution in [1.29, 1.82) is 0 Å². The molecule has 0 aromatic heterocycles. The number of aliphatic hydroxyl groups excluding tert-OH is 1. The van der Waals surface area contributed by atoms with Gasteiger partial charge in [0.1, 0.15) is 0 Å². The normalized spacial score (nSPS) is 13.5. The lowest BCUT2D eigenvalue weighted by molar-refractivity contribution is -0.121. The Kier molecular flexibility index (Phi) is 5.68. The summed E-state index contributed by atoms with van der Waals surface area (Å²) in [6, 6.07) is 4.99. The second kappa shape index (κ2) is 7.51. The Morgan fingerprint density at radius 1 is 1.18 bits per heavy atom. The zero-order chi connectivity index (χ0) is 16.1. The van der Waals surface area contributed by atoms with Crippen LogP contribution in [0.3, 0.4) is 0 Å². The fourth-order valence-corrected chi connectivity index (χ4v) is 2.62. The van der Waals surface area contributed by atoms with Crippen LogP contribution in [0, 0.1) is 0 Å². The predicted octanol–water partition coefficient (Wildman–Crippen LogP) is 1.32. The minimum atomic E-state index is -0.318. The molecule has 2 N–H and O–H groups in total. The molecule has 118 valence electrons. The van der Waals surface area contributed by atoms with Gasteiger partial charge in [-0.3, -0.25) is 19.3 Å². The fourth-order valence-electron chi connectivity index (χ4n) is 2.26. The predicted molar refractivity (Wildman–Crippen MR) is 83.5 cm³/mol. The van der Waals surface area contributed by atoms with Gasteiger partial charge in [0, 0.05) is 30.6 Å². The van der Waals surface area contributed by atoms with Gasteiger partial charge >= 0.3 is 0 Å². The summed E-state index contributed by atoms with van der Waals surface area (Å²) in [6.07, 6.45) is 1.17. The van der Waals surface area contributed by atoms with Crippen LogP contribution in [0.2, 0.25) is 0 Å². The van der Waals surface area contributed by atoms with Gasteiger partial charge in [-0.1, -0.05) is 15.9 Å². The van der Waals surface area contributed by atoms with Gasteiger partial charge in [-0.25, -0.2) is 0 Å². The third-order valence-corrected chi connectivity index (χ3v) is 3.87. The van der Waals surface area contributed by atoms with Gasteiger partial charge in [-0.2, -0.15) is 0 Å². The van der Waals surface area contributed by atoms with Crippen LogP contribution in [-0.4, -0.2) is 47.4 Å². The van der Waals surface area contributed by atoms with Crippen LogP contribution in [0.1, 0.15) is 40.0 Å². The first-order valence-electron chi connectivity index (χ1n) is 7.08. The smallest absolute Gasteiger partial charge is 0.261 e. The Morgan fingerprint density at radius 2 is 1.91 bits per heavy atom. The number of benzene rings is 1. The molecule has 1 aliphatic heterocycles. The molecule has 2 rings (SSSR count). The molecule has 0 spiro atoms. The van der Waals surface area contributed by atoms with Gasteiger partial charge < -0.3 is 10.4 Å². The molecule has 0 saturated heterocycles. The van der Waals surface area contributed by atoms with Gasteiger partial charge in [0.15, 0.2) is 0 Å². The average Bonchev–Trinajstić information content (AvgIpc) is 2.72. The summed E-state index contributed by atoms with van der Waals surface area (Å²) in [6.45, 7) is 0.679. The van der Waals surface area contributed by atoms with Gasteiger partial charge in [-0.15, -0.1) is 0 Å². The largest absolute Gasteiger partial charge is 0.396 e. The molecule has 0 atom stereocenters. The van der Waals surface area contributed by atoms with Crippen molar-refractivity contribution in [3.63, 3.8) is 0 Å². The molecule has 0 radical (unpaired) electrons. The summed E-state index contributed by atoms with van der Waals surface area (Å²) >= 11 is 3.28. The van der Waals surface area contributed by atoms with Crippen molar-refractivity contribution in [3.8, 4) is 0 Å². The molecule has 7 heteroatoms. The van der Waals surface area contributed by atoms with Gasteiger partial charge in [0.2, 0.25) is 5.91 Å². The molecule has 0 bridgehead atoms. The topological polar surface area (TPSA) is 86.7 Å². The second-order valence-corrected chi connectivity index (χ2v) is 5.90. The Morgan fingerprint density at radius 3 is 2.64 bits per heavy atom. The molecule has 0 saturated carbocycles. The van der Waals surface area contributed by atoms with Crippen molar-refractivity contribution in [1.82, 2.24) is 10.2 Å². The van der Waals surface area contributed by atoms with Gasteiger partial charge in [0.25, 0.3) is 11.8 Å². The summed E-state index contributed by atoms with van der Waals surface area (Å²) in [5.74, 6) is -0.775. The quantitative estimate of drug-likeness (QED) is 0.561. The van der Waals surface area contributed by atoms with E-state index in [1.165, 1.54) is 4.90 Å². The number of hydrogen-bond acceptors (Lipinski definition) is 4. The Hall–Kier alpha value is -1.73. The van der Waals surface area contributed by atoms with Crippen molar-refractivity contribution >= 4 is 33.7 Å². The highest BCUT2D eigenvalue weighted by atomic mass is 79.9. The van der Waals surface area contributed by atoms with E-state index in [9.17, 15) is 14.4 Å². The lowest BCUT2D eigenvalue weighted by atomic mass is 10.1. The van der Waals surface area contributed by atoms with Crippen molar-refractivity contribution in [2.75, 3.05) is 19.7 Å². The number of halogens is 1. The summed E-state index contributed by atoms with van der Waals surface area (Å²) in [5, 5.41) is 11.3. The molecule has 1 aliphatic rings. The minimum absolute atomic E-state index is 0.0326. The number of nitrogens with one attached hydrogen (secondary N) is 1. The first kappa shape index (κ1) is 16.6. The maximum atomic E-state index is 12.2. The monoisotopic (exact) mass is 368 g/mol. The van der Waals surface area contributed by atoms with Crippen molar-refractivity contribution in [3.05, 3.63) is 33.8 Å². The molecule has 0 aliphatic carbocycles. The van der Waals surface area contributed by atoms with Crippen LogP contribution in [-0.2, 0) is 4.79 Å². The molecule has 6 nitrogen and oxygen atoms in total. The number of imide groups is 1. The minimum Gasteiger partial charge on any atom is -0.396 e. The van der Waals surface area contributed by atoms with E-state index in [1.807, 2.05) is 0 Å². The second-order valence-electron chi connectivity index (χ2n) is 4.98. The highest BCUT2D eigenvalue weighted by Gasteiger charge is 2.35. The lowest BCUT2D eigenvalue weighted by Gasteiger charge is -2.13. The first-order valence-corrected chi connectivity index (χ1v) is 7.87. The van der Waals surface area contributed by atoms with Crippen LogP contribution in [0.4, 0.5) is 0 Å². The number of nitrogens with zero attached hydrogens (tertiary/aromatic N) is 1. The average molecular weight is 369 g/mol. The Bertz CT molecular complexity index is 603. The van der Waals surface area contributed by atoms with Crippen LogP contribution in [0.25, 0.3) is 0 Å². The number of carbonyl (C=O) groups is 3. The number of hydrogen-bond donors (Lipinski definition) is 2. The van der Waals surface area contributed by atoms with Crippen LogP contribution < -0.4 is 5.32 Å². The summed E-state index contributed by atoms with van der Waals surface area (Å²) in [7, 11) is 0. The van der Waals surface area contributed by atoms with E-state index in [0.29, 0.717) is 30.5 Å². The maximum Gasteiger partial charge on any atom is 0.261 e. The van der Waals surface area contributed by atoms with Crippen LogP contribution in [0.5, 0.6) is 0 Å². The van der Waals surface area contributed by atoms with Crippen molar-refractivity contribution < 1.29 is 19.5 Å². The molecule has 1 aromatic carbocycles. The maximum absolute atomic E-state index is 12.2. The summed E-state index contributed by atoms with van der Waals surface area (Å²) < 4.78 is 0.748. The molecule has 22 heavy (non-hydrogen) atoms. The van der Waals surface area contributed by atoms with E-state index >= 15 is 0 Å². The van der Waals surface area contributed by atoms with Crippen LogP contribution in [0.15, 0.2) is 22.7 Å². The molecule has 1 aromatic rings. The SMILES string of the molecule is O=C(CCCN1C(=O)c2ccc(Br)cc2C1=O)NCCCO. The Labute approximate surface area is 136 Å². The molecule has 1 heterocycles. The van der Waals surface area contributed by atoms with E-state index in [2.05, 4.69) is 21.2 Å². The zero-order valence-corrected chi connectivity index (χ0v) is 13.6. The fraction of sp³-hybridized carbons (Fsp3) is 0.400. The highest BCUT2D eigenvalue weighted by molar-refractivity contribution is 9.10. The number of aliphatic hydroxyl groups is 1. The van der Waals surface area contributed by atoms with Crippen molar-refractivity contribution in [2.45, 2.75) is 19.3 Å². The van der Waals surface area contributed by atoms with Gasteiger partial charge in [-0.05, 0) is 31.0 Å². The zero-order valence-electron chi connectivity index (χ0n) is 12.0. The Balaban J connectivity index is 1.86. The lowest BCUT2D eigenvalue weighted by Crippen LogP contribution is -2.32. The van der Waals surface area contributed by atoms with E-state index in [0.717, 1.165) is 4.47 Å². The standard InChI is InChI=1S/C15H17BrN2O4/c16-10-4-5-11-12(9-10)15(22)18(14(11)21)7-1-3-13(20)17-6-2-8-19/h4-5,9,19H,1-3,6-8H2,(H,17,20). The van der Waals surface area contributed by atoms with Crippen molar-refractivity contribution in [2.24, 2.45) is 0 Å². The highest BCUT2D eigenvalue weighted by Crippen LogP contribution is 2.26.